The molecule has 4 nitrogen and oxygen atoms in total. The largest absolute Gasteiger partial charge is 0.478 e. The summed E-state index contributed by atoms with van der Waals surface area (Å²) in [5.74, 6) is -1.32. The van der Waals surface area contributed by atoms with Crippen molar-refractivity contribution in [2.45, 2.75) is 12.2 Å². The topological polar surface area (TPSA) is 57.6 Å². The fourth-order valence-corrected chi connectivity index (χ4v) is 5.17. The van der Waals surface area contributed by atoms with Gasteiger partial charge in [0.1, 0.15) is 5.82 Å². The highest BCUT2D eigenvalue weighted by Crippen LogP contribution is 2.35. The Morgan fingerprint density at radius 2 is 1.89 bits per heavy atom. The first-order chi connectivity index (χ1) is 13.5. The van der Waals surface area contributed by atoms with Crippen LogP contribution in [0.2, 0.25) is 0 Å². The molecule has 3 aromatic carbocycles. The van der Waals surface area contributed by atoms with E-state index in [9.17, 15) is 18.9 Å². The third kappa shape index (κ3) is 3.82. The summed E-state index contributed by atoms with van der Waals surface area (Å²) in [7, 11) is -1.72. The Morgan fingerprint density at radius 1 is 1.11 bits per heavy atom. The average molecular weight is 396 g/mol. The van der Waals surface area contributed by atoms with Crippen LogP contribution in [0.5, 0.6) is 0 Å². The number of rotatable bonds is 4. The Balaban J connectivity index is 1.66. The number of fused-ring (bicyclic) bond motifs is 1. The Hall–Kier alpha value is -2.62. The number of aliphatic carboxylic acids is 1. The highest BCUT2D eigenvalue weighted by molar-refractivity contribution is 7.46. The molecule has 0 spiro atoms. The van der Waals surface area contributed by atoms with Gasteiger partial charge in [0.15, 0.2) is 6.16 Å². The summed E-state index contributed by atoms with van der Waals surface area (Å²) in [5.41, 5.74) is 1.81. The van der Waals surface area contributed by atoms with Crippen LogP contribution < -0.4 is 0 Å². The van der Waals surface area contributed by atoms with E-state index in [2.05, 4.69) is 0 Å². The summed E-state index contributed by atoms with van der Waals surface area (Å²) in [6.07, 6.45) is 0.374. The van der Waals surface area contributed by atoms with E-state index in [1.54, 1.807) is 6.07 Å². The van der Waals surface area contributed by atoms with Crippen LogP contribution in [0.15, 0.2) is 60.7 Å². The predicted octanol–water partition coefficient (Wildman–Crippen LogP) is 4.74. The van der Waals surface area contributed by atoms with E-state index >= 15 is 0 Å². The highest BCUT2D eigenvalue weighted by atomic mass is 31.1. The fraction of sp³-hybridized carbons (Fsp3) is 0.227. The minimum atomic E-state index is -1.72. The molecule has 0 aromatic heterocycles. The molecule has 0 amide bonds. The first-order valence-corrected chi connectivity index (χ1v) is 10.7. The third-order valence-electron chi connectivity index (χ3n) is 5.23. The predicted molar refractivity (Wildman–Crippen MR) is 109 cm³/mol. The van der Waals surface area contributed by atoms with E-state index in [0.717, 1.165) is 27.5 Å². The number of nitrogens with zero attached hydrogens (tertiary/aromatic N) is 1. The van der Waals surface area contributed by atoms with E-state index in [1.807, 2.05) is 47.4 Å². The molecule has 6 heteroatoms. The molecule has 0 saturated carbocycles. The zero-order valence-electron chi connectivity index (χ0n) is 15.2. The van der Waals surface area contributed by atoms with Crippen molar-refractivity contribution in [2.24, 2.45) is 0 Å². The minimum absolute atomic E-state index is 0.249. The fourth-order valence-electron chi connectivity index (χ4n) is 3.72. The van der Waals surface area contributed by atoms with Crippen molar-refractivity contribution in [2.75, 3.05) is 19.3 Å². The lowest BCUT2D eigenvalue weighted by atomic mass is 9.96. The minimum Gasteiger partial charge on any atom is -0.478 e. The van der Waals surface area contributed by atoms with Crippen molar-refractivity contribution in [1.29, 1.82) is 0 Å². The molecule has 4 rings (SSSR count). The lowest BCUT2D eigenvalue weighted by molar-refractivity contribution is -0.137. The molecule has 2 atom stereocenters. The van der Waals surface area contributed by atoms with Crippen molar-refractivity contribution >= 4 is 24.5 Å². The van der Waals surface area contributed by atoms with Gasteiger partial charge in [0.05, 0.1) is 6.54 Å². The van der Waals surface area contributed by atoms with E-state index in [4.69, 9.17) is 0 Å². The molecule has 2 unspecified atom stereocenters. The second-order valence-electron chi connectivity index (χ2n) is 7.09. The molecule has 3 aromatic rings. The third-order valence-corrected chi connectivity index (χ3v) is 6.95. The number of halogens is 1. The summed E-state index contributed by atoms with van der Waals surface area (Å²) >= 11 is 0. The van der Waals surface area contributed by atoms with Crippen LogP contribution in [-0.4, -0.2) is 40.9 Å². The van der Waals surface area contributed by atoms with Gasteiger partial charge in [0.25, 0.3) is 5.66 Å². The first kappa shape index (κ1) is 18.7. The summed E-state index contributed by atoms with van der Waals surface area (Å²) in [4.78, 5) is 13.4. The van der Waals surface area contributed by atoms with Gasteiger partial charge in [-0.3, -0.25) is 4.90 Å². The normalized spacial score (nSPS) is 19.0. The number of hydrogen-bond donors (Lipinski definition) is 1. The highest BCUT2D eigenvalue weighted by Gasteiger charge is 2.42. The van der Waals surface area contributed by atoms with Crippen LogP contribution in [0, 0.1) is 5.82 Å². The molecule has 0 radical (unpaired) electrons. The van der Waals surface area contributed by atoms with Crippen LogP contribution in [0.4, 0.5) is 4.39 Å². The van der Waals surface area contributed by atoms with E-state index in [-0.39, 0.29) is 12.4 Å². The van der Waals surface area contributed by atoms with Gasteiger partial charge in [-0.05, 0) is 45.7 Å². The molecule has 28 heavy (non-hydrogen) atoms. The van der Waals surface area contributed by atoms with Crippen LogP contribution in [-0.2, 0) is 15.9 Å². The van der Waals surface area contributed by atoms with Gasteiger partial charge in [-0.15, -0.1) is 0 Å². The van der Waals surface area contributed by atoms with Gasteiger partial charge in [-0.1, -0.05) is 47.0 Å². The smallest absolute Gasteiger partial charge is 0.357 e. The van der Waals surface area contributed by atoms with Gasteiger partial charge >= 0.3 is 13.8 Å². The van der Waals surface area contributed by atoms with E-state index in [0.29, 0.717) is 19.3 Å². The molecule has 142 valence electrons. The van der Waals surface area contributed by atoms with Crippen molar-refractivity contribution in [3.8, 4) is 11.1 Å². The van der Waals surface area contributed by atoms with Gasteiger partial charge in [0, 0.05) is 13.1 Å². The monoisotopic (exact) mass is 396 g/mol. The molecule has 1 aliphatic rings. The lowest BCUT2D eigenvalue weighted by Gasteiger charge is -2.25. The summed E-state index contributed by atoms with van der Waals surface area (Å²) < 4.78 is 26.0. The van der Waals surface area contributed by atoms with Crippen LogP contribution in [0.25, 0.3) is 21.9 Å². The molecule has 0 aliphatic carbocycles. The van der Waals surface area contributed by atoms with Crippen molar-refractivity contribution < 1.29 is 18.9 Å². The van der Waals surface area contributed by atoms with Crippen LogP contribution >= 0.6 is 7.80 Å². The second kappa shape index (κ2) is 7.78. The van der Waals surface area contributed by atoms with Crippen molar-refractivity contribution in [3.63, 3.8) is 0 Å². The molecule has 1 N–H and O–H groups in total. The summed E-state index contributed by atoms with van der Waals surface area (Å²) in [6, 6.07) is 18.8. The molecular formula is C22H20FNO3P+. The number of carboxylic acids is 1. The molecule has 1 saturated heterocycles. The molecule has 1 fully saturated rings. The molecule has 0 bridgehead atoms. The Kier molecular flexibility index (Phi) is 5.21. The Labute approximate surface area is 163 Å². The molecule has 1 heterocycles. The number of carbonyl (C=O) groups is 1. The first-order valence-electron chi connectivity index (χ1n) is 9.18. The maximum absolute atomic E-state index is 14.0. The number of hydrogen-bond acceptors (Lipinski definition) is 3. The SMILES string of the molecule is O=C(O)C1CN(Cc2ccc(F)cc2-c2ccc3ccccc3c2)CC[P+]1=O. The van der Waals surface area contributed by atoms with Crippen molar-refractivity contribution in [1.82, 2.24) is 4.90 Å². The maximum Gasteiger partial charge on any atom is 0.357 e. The number of benzene rings is 3. The zero-order chi connectivity index (χ0) is 19.7. The van der Waals surface area contributed by atoms with Gasteiger partial charge in [0.2, 0.25) is 0 Å². The zero-order valence-corrected chi connectivity index (χ0v) is 16.1. The molecule has 1 aliphatic heterocycles. The maximum atomic E-state index is 14.0. The quantitative estimate of drug-likeness (QED) is 0.647. The Bertz CT molecular complexity index is 1070. The standard InChI is InChI=1S/C22H19FNO3P/c23-19-8-7-18(13-24-9-10-28(27)21(14-24)22(25)26)20(12-19)17-6-5-15-3-1-2-4-16(15)11-17/h1-8,11-12,21H,9-10,13-14H2/p+1. The Morgan fingerprint density at radius 3 is 2.68 bits per heavy atom. The van der Waals surface area contributed by atoms with Crippen molar-refractivity contribution in [3.05, 3.63) is 72.0 Å². The van der Waals surface area contributed by atoms with Gasteiger partial charge in [-0.25, -0.2) is 9.18 Å². The van der Waals surface area contributed by atoms with E-state index in [1.165, 1.54) is 12.1 Å². The van der Waals surface area contributed by atoms with Crippen LogP contribution in [0.3, 0.4) is 0 Å². The summed E-state index contributed by atoms with van der Waals surface area (Å²) in [6.45, 7) is 1.32. The van der Waals surface area contributed by atoms with E-state index < -0.39 is 19.4 Å². The lowest BCUT2D eigenvalue weighted by Crippen LogP contribution is -2.40. The second-order valence-corrected chi connectivity index (χ2v) is 9.00. The van der Waals surface area contributed by atoms with Gasteiger partial charge in [-0.2, -0.15) is 0 Å². The van der Waals surface area contributed by atoms with Crippen LogP contribution in [0.1, 0.15) is 5.56 Å². The average Bonchev–Trinajstić information content (AvgIpc) is 2.70. The summed E-state index contributed by atoms with van der Waals surface area (Å²) in [5, 5.41) is 11.5. The molecular weight excluding hydrogens is 376 g/mol. The van der Waals surface area contributed by atoms with Gasteiger partial charge < -0.3 is 5.11 Å². The number of carboxylic acid groups (broad SMARTS) is 1.